The van der Waals surface area contributed by atoms with Gasteiger partial charge < -0.3 is 10.1 Å². The predicted octanol–water partition coefficient (Wildman–Crippen LogP) is 1.50. The molecule has 0 aromatic heterocycles. The highest BCUT2D eigenvalue weighted by molar-refractivity contribution is 5.89. The van der Waals surface area contributed by atoms with E-state index >= 15 is 0 Å². The van der Waals surface area contributed by atoms with Crippen molar-refractivity contribution < 1.29 is 14.3 Å². The van der Waals surface area contributed by atoms with Gasteiger partial charge in [-0.1, -0.05) is 12.1 Å². The van der Waals surface area contributed by atoms with Crippen molar-refractivity contribution in [2.75, 3.05) is 6.61 Å². The van der Waals surface area contributed by atoms with Crippen molar-refractivity contribution in [3.63, 3.8) is 0 Å². The maximum Gasteiger partial charge on any atom is 0.338 e. The fourth-order valence-electron chi connectivity index (χ4n) is 1.48. The standard InChI is InChI=1S/C13H15NO3/c15-9-14-7-10-3-5-12(6-4-10)13(16)17-8-11-1-2-11/h3-6,9,11H,1-2,7-8H2,(H,14,15). The van der Waals surface area contributed by atoms with Crippen molar-refractivity contribution in [3.05, 3.63) is 35.4 Å². The highest BCUT2D eigenvalue weighted by atomic mass is 16.5. The molecular formula is C13H15NO3. The molecule has 1 amide bonds. The molecule has 4 heteroatoms. The minimum atomic E-state index is -0.271. The first-order valence-electron chi connectivity index (χ1n) is 5.72. The Morgan fingerprint density at radius 1 is 1.35 bits per heavy atom. The van der Waals surface area contributed by atoms with Gasteiger partial charge in [0.2, 0.25) is 6.41 Å². The van der Waals surface area contributed by atoms with Gasteiger partial charge in [-0.05, 0) is 36.5 Å². The normalized spacial score (nSPS) is 14.1. The van der Waals surface area contributed by atoms with E-state index in [-0.39, 0.29) is 5.97 Å². The number of ether oxygens (including phenoxy) is 1. The summed E-state index contributed by atoms with van der Waals surface area (Å²) < 4.78 is 5.16. The van der Waals surface area contributed by atoms with Gasteiger partial charge in [0.25, 0.3) is 0 Å². The van der Waals surface area contributed by atoms with Crippen LogP contribution in [0.5, 0.6) is 0 Å². The summed E-state index contributed by atoms with van der Waals surface area (Å²) in [5, 5.41) is 2.56. The van der Waals surface area contributed by atoms with Gasteiger partial charge >= 0.3 is 5.97 Å². The SMILES string of the molecule is O=CNCc1ccc(C(=O)OCC2CC2)cc1. The second-order valence-corrected chi connectivity index (χ2v) is 4.24. The molecule has 0 radical (unpaired) electrons. The number of carbonyl (C=O) groups is 2. The first kappa shape index (κ1) is 11.6. The lowest BCUT2D eigenvalue weighted by Gasteiger charge is -2.04. The number of esters is 1. The van der Waals surface area contributed by atoms with E-state index in [0.29, 0.717) is 31.0 Å². The van der Waals surface area contributed by atoms with Crippen molar-refractivity contribution in [1.29, 1.82) is 0 Å². The zero-order chi connectivity index (χ0) is 12.1. The summed E-state index contributed by atoms with van der Waals surface area (Å²) in [5.41, 5.74) is 1.51. The molecule has 1 N–H and O–H groups in total. The Hall–Kier alpha value is -1.84. The Morgan fingerprint density at radius 3 is 2.65 bits per heavy atom. The van der Waals surface area contributed by atoms with Gasteiger partial charge in [0.05, 0.1) is 12.2 Å². The van der Waals surface area contributed by atoms with Crippen LogP contribution in [0, 0.1) is 5.92 Å². The summed E-state index contributed by atoms with van der Waals surface area (Å²) in [6, 6.07) is 7.06. The topological polar surface area (TPSA) is 55.4 Å². The van der Waals surface area contributed by atoms with E-state index in [4.69, 9.17) is 4.74 Å². The summed E-state index contributed by atoms with van der Waals surface area (Å²) in [7, 11) is 0. The second kappa shape index (κ2) is 5.48. The van der Waals surface area contributed by atoms with Crippen LogP contribution in [0.4, 0.5) is 0 Å². The third-order valence-electron chi connectivity index (χ3n) is 2.73. The molecule has 4 nitrogen and oxygen atoms in total. The average molecular weight is 233 g/mol. The molecule has 0 heterocycles. The molecule has 1 saturated carbocycles. The molecule has 1 fully saturated rings. The van der Waals surface area contributed by atoms with Gasteiger partial charge in [-0.3, -0.25) is 4.79 Å². The Morgan fingerprint density at radius 2 is 2.06 bits per heavy atom. The molecule has 1 aliphatic rings. The van der Waals surface area contributed by atoms with E-state index in [1.165, 1.54) is 12.8 Å². The number of nitrogens with one attached hydrogen (secondary N) is 1. The van der Waals surface area contributed by atoms with E-state index in [1.807, 2.05) is 12.1 Å². The molecular weight excluding hydrogens is 218 g/mol. The highest BCUT2D eigenvalue weighted by Gasteiger charge is 2.23. The van der Waals surface area contributed by atoms with Crippen LogP contribution in [0.1, 0.15) is 28.8 Å². The molecule has 0 bridgehead atoms. The fourth-order valence-corrected chi connectivity index (χ4v) is 1.48. The molecule has 17 heavy (non-hydrogen) atoms. The average Bonchev–Trinajstić information content (AvgIpc) is 3.18. The molecule has 1 aromatic rings. The Bertz CT molecular complexity index is 396. The Balaban J connectivity index is 1.86. The van der Waals surface area contributed by atoms with Crippen LogP contribution in [0.3, 0.4) is 0 Å². The fraction of sp³-hybridized carbons (Fsp3) is 0.385. The predicted molar refractivity (Wildman–Crippen MR) is 62.4 cm³/mol. The van der Waals surface area contributed by atoms with Crippen molar-refractivity contribution >= 4 is 12.4 Å². The largest absolute Gasteiger partial charge is 0.462 e. The number of carbonyl (C=O) groups excluding carboxylic acids is 2. The molecule has 0 unspecified atom stereocenters. The van der Waals surface area contributed by atoms with Crippen molar-refractivity contribution in [1.82, 2.24) is 5.32 Å². The van der Waals surface area contributed by atoms with Crippen molar-refractivity contribution in [2.24, 2.45) is 5.92 Å². The number of hydrogen-bond acceptors (Lipinski definition) is 3. The quantitative estimate of drug-likeness (QED) is 0.598. The van der Waals surface area contributed by atoms with Crippen LogP contribution in [-0.4, -0.2) is 19.0 Å². The first-order valence-corrected chi connectivity index (χ1v) is 5.72. The Kier molecular flexibility index (Phi) is 3.75. The van der Waals surface area contributed by atoms with Gasteiger partial charge in [-0.25, -0.2) is 4.79 Å². The van der Waals surface area contributed by atoms with Gasteiger partial charge in [-0.15, -0.1) is 0 Å². The molecule has 0 saturated heterocycles. The lowest BCUT2D eigenvalue weighted by Crippen LogP contribution is -2.10. The number of rotatable bonds is 6. The molecule has 90 valence electrons. The number of hydrogen-bond donors (Lipinski definition) is 1. The summed E-state index contributed by atoms with van der Waals surface area (Å²) in [4.78, 5) is 21.7. The molecule has 2 rings (SSSR count). The summed E-state index contributed by atoms with van der Waals surface area (Å²) in [6.45, 7) is 1.01. The van der Waals surface area contributed by atoms with E-state index in [9.17, 15) is 9.59 Å². The third-order valence-corrected chi connectivity index (χ3v) is 2.73. The van der Waals surface area contributed by atoms with Crippen LogP contribution >= 0.6 is 0 Å². The summed E-state index contributed by atoms with van der Waals surface area (Å²) in [5.74, 6) is 0.307. The highest BCUT2D eigenvalue weighted by Crippen LogP contribution is 2.29. The van der Waals surface area contributed by atoms with Gasteiger partial charge in [0.15, 0.2) is 0 Å². The van der Waals surface area contributed by atoms with Crippen LogP contribution in [0.25, 0.3) is 0 Å². The summed E-state index contributed by atoms with van der Waals surface area (Å²) in [6.07, 6.45) is 2.99. The monoisotopic (exact) mass is 233 g/mol. The van der Waals surface area contributed by atoms with Crippen LogP contribution in [-0.2, 0) is 16.1 Å². The molecule has 0 atom stereocenters. The second-order valence-electron chi connectivity index (χ2n) is 4.24. The molecule has 0 aliphatic heterocycles. The number of amides is 1. The van der Waals surface area contributed by atoms with Gasteiger partial charge in [-0.2, -0.15) is 0 Å². The lowest BCUT2D eigenvalue weighted by atomic mass is 10.1. The maximum atomic E-state index is 11.6. The van der Waals surface area contributed by atoms with Crippen molar-refractivity contribution in [2.45, 2.75) is 19.4 Å². The van der Waals surface area contributed by atoms with Gasteiger partial charge in [0, 0.05) is 6.54 Å². The van der Waals surface area contributed by atoms with E-state index in [0.717, 1.165) is 5.56 Å². The first-order chi connectivity index (χ1) is 8.29. The minimum Gasteiger partial charge on any atom is -0.462 e. The van der Waals surface area contributed by atoms with Crippen LogP contribution in [0.15, 0.2) is 24.3 Å². The Labute approximate surface area is 100.0 Å². The van der Waals surface area contributed by atoms with E-state index < -0.39 is 0 Å². The zero-order valence-electron chi connectivity index (χ0n) is 9.52. The zero-order valence-corrected chi connectivity index (χ0v) is 9.52. The molecule has 1 aliphatic carbocycles. The van der Waals surface area contributed by atoms with E-state index in [2.05, 4.69) is 5.32 Å². The molecule has 1 aromatic carbocycles. The number of benzene rings is 1. The van der Waals surface area contributed by atoms with Crippen LogP contribution in [0.2, 0.25) is 0 Å². The third kappa shape index (κ3) is 3.59. The smallest absolute Gasteiger partial charge is 0.338 e. The molecule has 0 spiro atoms. The van der Waals surface area contributed by atoms with Crippen molar-refractivity contribution in [3.8, 4) is 0 Å². The van der Waals surface area contributed by atoms with E-state index in [1.54, 1.807) is 12.1 Å². The van der Waals surface area contributed by atoms with Crippen LogP contribution < -0.4 is 5.32 Å². The maximum absolute atomic E-state index is 11.6. The summed E-state index contributed by atoms with van der Waals surface area (Å²) >= 11 is 0. The minimum absolute atomic E-state index is 0.271. The lowest BCUT2D eigenvalue weighted by molar-refractivity contribution is -0.109. The van der Waals surface area contributed by atoms with Gasteiger partial charge in [0.1, 0.15) is 0 Å².